The molecule has 0 aliphatic heterocycles. The van der Waals surface area contributed by atoms with Gasteiger partial charge < -0.3 is 10.1 Å². The summed E-state index contributed by atoms with van der Waals surface area (Å²) in [4.78, 5) is 16.3. The number of aromatic nitrogens is 1. The zero-order valence-electron chi connectivity index (χ0n) is 13.1. The lowest BCUT2D eigenvalue weighted by atomic mass is 10.1. The molecule has 1 aromatic carbocycles. The minimum atomic E-state index is -0.161. The molecule has 116 valence electrons. The topological polar surface area (TPSA) is 51.2 Å². The third kappa shape index (κ3) is 5.20. The van der Waals surface area contributed by atoms with Gasteiger partial charge in [-0.2, -0.15) is 0 Å². The molecule has 0 unspecified atom stereocenters. The summed E-state index contributed by atoms with van der Waals surface area (Å²) < 4.78 is 5.63. The van der Waals surface area contributed by atoms with Gasteiger partial charge in [0.2, 0.25) is 5.88 Å². The van der Waals surface area contributed by atoms with Crippen molar-refractivity contribution >= 4 is 5.91 Å². The van der Waals surface area contributed by atoms with Gasteiger partial charge in [-0.05, 0) is 24.0 Å². The summed E-state index contributed by atoms with van der Waals surface area (Å²) in [5.41, 5.74) is 1.45. The molecule has 0 aliphatic carbocycles. The Labute approximate surface area is 131 Å². The summed E-state index contributed by atoms with van der Waals surface area (Å²) in [5.74, 6) is 0.861. The maximum Gasteiger partial charge on any atom is 0.270 e. The van der Waals surface area contributed by atoms with Crippen molar-refractivity contribution in [3.8, 4) is 5.88 Å². The lowest BCUT2D eigenvalue weighted by Gasteiger charge is -2.09. The maximum absolute atomic E-state index is 12.0. The second-order valence-corrected chi connectivity index (χ2v) is 5.57. The molecule has 0 bridgehead atoms. The number of ether oxygens (including phenoxy) is 1. The van der Waals surface area contributed by atoms with Crippen molar-refractivity contribution in [3.05, 3.63) is 59.8 Å². The van der Waals surface area contributed by atoms with Crippen molar-refractivity contribution in [1.82, 2.24) is 10.3 Å². The van der Waals surface area contributed by atoms with E-state index in [9.17, 15) is 4.79 Å². The van der Waals surface area contributed by atoms with Crippen molar-refractivity contribution in [2.75, 3.05) is 6.54 Å². The number of nitrogens with one attached hydrogen (secondary N) is 1. The Balaban J connectivity index is 1.90. The molecule has 2 rings (SSSR count). The van der Waals surface area contributed by atoms with Gasteiger partial charge in [0, 0.05) is 12.6 Å². The Bertz CT molecular complexity index is 597. The normalized spacial score (nSPS) is 10.5. The molecule has 0 aliphatic rings. The first-order valence-electron chi connectivity index (χ1n) is 7.57. The number of nitrogens with zero attached hydrogens (tertiary/aromatic N) is 1. The van der Waals surface area contributed by atoms with E-state index in [0.717, 1.165) is 12.0 Å². The summed E-state index contributed by atoms with van der Waals surface area (Å²) in [6.07, 6.45) is 0.954. The lowest BCUT2D eigenvalue weighted by Crippen LogP contribution is -2.26. The number of carbonyl (C=O) groups is 1. The van der Waals surface area contributed by atoms with Crippen LogP contribution >= 0.6 is 0 Å². The average molecular weight is 298 g/mol. The third-order valence-electron chi connectivity index (χ3n) is 3.19. The highest BCUT2D eigenvalue weighted by atomic mass is 16.5. The summed E-state index contributed by atoms with van der Waals surface area (Å²) >= 11 is 0. The van der Waals surface area contributed by atoms with E-state index in [2.05, 4.69) is 24.1 Å². The molecule has 0 fully saturated rings. The molecule has 1 heterocycles. The summed E-state index contributed by atoms with van der Waals surface area (Å²) in [7, 11) is 0. The Morgan fingerprint density at radius 2 is 1.91 bits per heavy atom. The molecular formula is C18H22N2O2. The zero-order chi connectivity index (χ0) is 15.8. The van der Waals surface area contributed by atoms with Crippen LogP contribution in [-0.4, -0.2) is 17.4 Å². The third-order valence-corrected chi connectivity index (χ3v) is 3.19. The molecule has 2 aromatic rings. The van der Waals surface area contributed by atoms with E-state index < -0.39 is 0 Å². The van der Waals surface area contributed by atoms with Gasteiger partial charge in [-0.25, -0.2) is 4.98 Å². The Morgan fingerprint density at radius 3 is 2.64 bits per heavy atom. The number of hydrogen-bond donors (Lipinski definition) is 1. The summed E-state index contributed by atoms with van der Waals surface area (Å²) in [6, 6.07) is 15.1. The van der Waals surface area contributed by atoms with Crippen LogP contribution in [0.5, 0.6) is 5.88 Å². The second kappa shape index (κ2) is 8.17. The van der Waals surface area contributed by atoms with Gasteiger partial charge in [0.25, 0.3) is 5.91 Å². The van der Waals surface area contributed by atoms with E-state index in [1.165, 1.54) is 0 Å². The highest BCUT2D eigenvalue weighted by molar-refractivity contribution is 5.92. The van der Waals surface area contributed by atoms with E-state index in [-0.39, 0.29) is 5.91 Å². The first-order valence-corrected chi connectivity index (χ1v) is 7.57. The Morgan fingerprint density at radius 1 is 1.14 bits per heavy atom. The van der Waals surface area contributed by atoms with Gasteiger partial charge in [-0.1, -0.05) is 50.2 Å². The number of benzene rings is 1. The van der Waals surface area contributed by atoms with Crippen LogP contribution in [0, 0.1) is 5.92 Å². The average Bonchev–Trinajstić information content (AvgIpc) is 2.54. The van der Waals surface area contributed by atoms with Crippen LogP contribution < -0.4 is 10.1 Å². The van der Waals surface area contributed by atoms with E-state index >= 15 is 0 Å². The van der Waals surface area contributed by atoms with Gasteiger partial charge >= 0.3 is 0 Å². The van der Waals surface area contributed by atoms with Crippen molar-refractivity contribution in [2.45, 2.75) is 26.9 Å². The Kier molecular flexibility index (Phi) is 5.95. The second-order valence-electron chi connectivity index (χ2n) is 5.57. The first-order chi connectivity index (χ1) is 10.6. The molecule has 0 radical (unpaired) electrons. The highest BCUT2D eigenvalue weighted by Gasteiger charge is 2.08. The SMILES string of the molecule is CC(C)CCNC(=O)c1cccc(OCc2ccccc2)n1. The minimum absolute atomic E-state index is 0.161. The Hall–Kier alpha value is -2.36. The molecule has 1 aromatic heterocycles. The fourth-order valence-electron chi connectivity index (χ4n) is 1.92. The van der Waals surface area contributed by atoms with E-state index in [1.807, 2.05) is 30.3 Å². The fraction of sp³-hybridized carbons (Fsp3) is 0.333. The van der Waals surface area contributed by atoms with Crippen LogP contribution in [0.25, 0.3) is 0 Å². The molecular weight excluding hydrogens is 276 g/mol. The van der Waals surface area contributed by atoms with Crippen molar-refractivity contribution in [2.24, 2.45) is 5.92 Å². The number of hydrogen-bond acceptors (Lipinski definition) is 3. The molecule has 0 saturated heterocycles. The highest BCUT2D eigenvalue weighted by Crippen LogP contribution is 2.10. The van der Waals surface area contributed by atoms with Gasteiger partial charge in [0.15, 0.2) is 0 Å². The van der Waals surface area contributed by atoms with Crippen LogP contribution in [0.15, 0.2) is 48.5 Å². The first kappa shape index (κ1) is 16.0. The van der Waals surface area contributed by atoms with Crippen LogP contribution in [0.4, 0.5) is 0 Å². The standard InChI is InChI=1S/C18H22N2O2/c1-14(2)11-12-19-18(21)16-9-6-10-17(20-16)22-13-15-7-4-3-5-8-15/h3-10,14H,11-13H2,1-2H3,(H,19,21). The molecule has 0 spiro atoms. The van der Waals surface area contributed by atoms with Crippen LogP contribution in [0.2, 0.25) is 0 Å². The van der Waals surface area contributed by atoms with Crippen LogP contribution in [-0.2, 0) is 6.61 Å². The fourth-order valence-corrected chi connectivity index (χ4v) is 1.92. The molecule has 4 heteroatoms. The summed E-state index contributed by atoms with van der Waals surface area (Å²) in [5, 5.41) is 2.87. The minimum Gasteiger partial charge on any atom is -0.473 e. The molecule has 22 heavy (non-hydrogen) atoms. The quantitative estimate of drug-likeness (QED) is 0.852. The molecule has 0 atom stereocenters. The molecule has 1 amide bonds. The maximum atomic E-state index is 12.0. The number of pyridine rings is 1. The van der Waals surface area contributed by atoms with Gasteiger partial charge in [0.05, 0.1) is 0 Å². The van der Waals surface area contributed by atoms with Crippen molar-refractivity contribution in [3.63, 3.8) is 0 Å². The molecule has 0 saturated carbocycles. The zero-order valence-corrected chi connectivity index (χ0v) is 13.1. The van der Waals surface area contributed by atoms with Crippen LogP contribution in [0.3, 0.4) is 0 Å². The molecule has 4 nitrogen and oxygen atoms in total. The van der Waals surface area contributed by atoms with Crippen LogP contribution in [0.1, 0.15) is 36.3 Å². The monoisotopic (exact) mass is 298 g/mol. The van der Waals surface area contributed by atoms with Gasteiger partial charge in [0.1, 0.15) is 12.3 Å². The number of carbonyl (C=O) groups excluding carboxylic acids is 1. The largest absolute Gasteiger partial charge is 0.473 e. The van der Waals surface area contributed by atoms with E-state index in [0.29, 0.717) is 30.6 Å². The van der Waals surface area contributed by atoms with E-state index in [1.54, 1.807) is 18.2 Å². The van der Waals surface area contributed by atoms with Gasteiger partial charge in [-0.15, -0.1) is 0 Å². The number of amides is 1. The predicted octanol–water partition coefficient (Wildman–Crippen LogP) is 3.44. The smallest absolute Gasteiger partial charge is 0.270 e. The van der Waals surface area contributed by atoms with Crippen molar-refractivity contribution in [1.29, 1.82) is 0 Å². The van der Waals surface area contributed by atoms with Gasteiger partial charge in [-0.3, -0.25) is 4.79 Å². The molecule has 1 N–H and O–H groups in total. The summed E-state index contributed by atoms with van der Waals surface area (Å²) in [6.45, 7) is 5.35. The predicted molar refractivity (Wildman–Crippen MR) is 86.8 cm³/mol. The van der Waals surface area contributed by atoms with E-state index in [4.69, 9.17) is 4.74 Å². The number of rotatable bonds is 7. The lowest BCUT2D eigenvalue weighted by molar-refractivity contribution is 0.0945. The van der Waals surface area contributed by atoms with Crippen molar-refractivity contribution < 1.29 is 9.53 Å².